The van der Waals surface area contributed by atoms with E-state index in [0.29, 0.717) is 17.9 Å². The summed E-state index contributed by atoms with van der Waals surface area (Å²) in [4.78, 5) is 12.8. The van der Waals surface area contributed by atoms with Gasteiger partial charge in [-0.05, 0) is 44.0 Å². The zero-order chi connectivity index (χ0) is 15.6. The summed E-state index contributed by atoms with van der Waals surface area (Å²) in [7, 11) is 0. The van der Waals surface area contributed by atoms with Gasteiger partial charge in [-0.3, -0.25) is 4.79 Å². The van der Waals surface area contributed by atoms with E-state index in [1.54, 1.807) is 18.2 Å². The molecule has 4 nitrogen and oxygen atoms in total. The number of hydrogen-bond donors (Lipinski definition) is 3. The third-order valence-corrected chi connectivity index (χ3v) is 4.51. The fourth-order valence-electron chi connectivity index (χ4n) is 3.39. The summed E-state index contributed by atoms with van der Waals surface area (Å²) >= 11 is 0. The lowest BCUT2D eigenvalue weighted by molar-refractivity contribution is 0.0218. The molecule has 1 saturated heterocycles. The maximum atomic E-state index is 12.8. The first-order chi connectivity index (χ1) is 10.6. The summed E-state index contributed by atoms with van der Waals surface area (Å²) in [6.07, 6.45) is 5.99. The van der Waals surface area contributed by atoms with Crippen molar-refractivity contribution >= 4 is 5.78 Å². The maximum absolute atomic E-state index is 12.8. The molecule has 0 aromatic heterocycles. The van der Waals surface area contributed by atoms with Gasteiger partial charge in [-0.15, -0.1) is 0 Å². The molecule has 0 spiro atoms. The van der Waals surface area contributed by atoms with E-state index in [1.807, 2.05) is 18.2 Å². The van der Waals surface area contributed by atoms with Crippen molar-refractivity contribution in [3.63, 3.8) is 0 Å². The van der Waals surface area contributed by atoms with Crippen LogP contribution < -0.4 is 5.32 Å². The van der Waals surface area contributed by atoms with Gasteiger partial charge in [0.15, 0.2) is 5.78 Å². The van der Waals surface area contributed by atoms with Gasteiger partial charge >= 0.3 is 0 Å². The summed E-state index contributed by atoms with van der Waals surface area (Å²) in [5.41, 5.74) is -0.752. The Morgan fingerprint density at radius 2 is 2.09 bits per heavy atom. The highest BCUT2D eigenvalue weighted by Gasteiger charge is 2.42. The Hall–Kier alpha value is -1.91. The van der Waals surface area contributed by atoms with Crippen molar-refractivity contribution in [2.45, 2.75) is 18.4 Å². The van der Waals surface area contributed by atoms with Crippen LogP contribution in [0.2, 0.25) is 0 Å². The Labute approximate surface area is 130 Å². The number of rotatable bonds is 4. The number of carbonyl (C=O) groups excluding carboxylic acids is 1. The molecule has 22 heavy (non-hydrogen) atoms. The summed E-state index contributed by atoms with van der Waals surface area (Å²) in [6, 6.07) is 8.99. The highest BCUT2D eigenvalue weighted by molar-refractivity contribution is 6.00. The molecular formula is C18H21NO3. The molecule has 1 aromatic rings. The zero-order valence-corrected chi connectivity index (χ0v) is 12.4. The number of aliphatic hydroxyl groups excluding tert-OH is 1. The van der Waals surface area contributed by atoms with Crippen LogP contribution in [0.15, 0.2) is 54.3 Å². The number of ketones is 1. The van der Waals surface area contributed by atoms with Crippen molar-refractivity contribution in [2.75, 3.05) is 13.1 Å². The molecule has 3 rings (SSSR count). The lowest BCUT2D eigenvalue weighted by Gasteiger charge is -2.35. The molecule has 1 aliphatic heterocycles. The Balaban J connectivity index is 1.87. The Bertz CT molecular complexity index is 602. The lowest BCUT2D eigenvalue weighted by atomic mass is 9.74. The maximum Gasteiger partial charge on any atom is 0.172 e. The standard InChI is InChI=1S/C18H21NO3/c20-15-6-7-16(17(21)14-4-2-1-3-5-14)18(22,11-15)10-13-8-9-19-12-13/h1-7,11,13,16,19-20,22H,8-10,12H2. The normalized spacial score (nSPS) is 31.0. The van der Waals surface area contributed by atoms with Crippen LogP contribution in [0.3, 0.4) is 0 Å². The lowest BCUT2D eigenvalue weighted by Crippen LogP contribution is -2.43. The molecule has 1 aromatic carbocycles. The van der Waals surface area contributed by atoms with Gasteiger partial charge in [-0.1, -0.05) is 36.4 Å². The predicted molar refractivity (Wildman–Crippen MR) is 84.7 cm³/mol. The largest absolute Gasteiger partial charge is 0.508 e. The van der Waals surface area contributed by atoms with Gasteiger partial charge in [-0.2, -0.15) is 0 Å². The summed E-state index contributed by atoms with van der Waals surface area (Å²) in [5, 5.41) is 24.1. The summed E-state index contributed by atoms with van der Waals surface area (Å²) in [5.74, 6) is -0.447. The fraction of sp³-hybridized carbons (Fsp3) is 0.389. The molecule has 3 atom stereocenters. The van der Waals surface area contributed by atoms with Crippen molar-refractivity contribution in [3.05, 3.63) is 59.9 Å². The first-order valence-electron chi connectivity index (χ1n) is 7.71. The van der Waals surface area contributed by atoms with E-state index in [0.717, 1.165) is 19.5 Å². The van der Waals surface area contributed by atoms with E-state index in [4.69, 9.17) is 0 Å². The minimum atomic E-state index is -1.33. The molecule has 1 aliphatic carbocycles. The van der Waals surface area contributed by atoms with Crippen molar-refractivity contribution in [2.24, 2.45) is 11.8 Å². The van der Waals surface area contributed by atoms with E-state index < -0.39 is 11.5 Å². The van der Waals surface area contributed by atoms with Gasteiger partial charge in [-0.25, -0.2) is 0 Å². The summed E-state index contributed by atoms with van der Waals surface area (Å²) < 4.78 is 0. The first-order valence-corrected chi connectivity index (χ1v) is 7.71. The van der Waals surface area contributed by atoms with E-state index in [2.05, 4.69) is 5.32 Å². The Morgan fingerprint density at radius 3 is 2.77 bits per heavy atom. The number of aliphatic hydroxyl groups is 2. The molecule has 1 heterocycles. The van der Waals surface area contributed by atoms with Crippen LogP contribution in [0.1, 0.15) is 23.2 Å². The monoisotopic (exact) mass is 299 g/mol. The molecule has 0 radical (unpaired) electrons. The van der Waals surface area contributed by atoms with Gasteiger partial charge < -0.3 is 15.5 Å². The second-order valence-electron chi connectivity index (χ2n) is 6.19. The van der Waals surface area contributed by atoms with Crippen molar-refractivity contribution in [1.82, 2.24) is 5.32 Å². The molecule has 3 unspecified atom stereocenters. The van der Waals surface area contributed by atoms with E-state index in [9.17, 15) is 15.0 Å². The van der Waals surface area contributed by atoms with Crippen LogP contribution in [0.5, 0.6) is 0 Å². The predicted octanol–water partition coefficient (Wildman–Crippen LogP) is 2.23. The van der Waals surface area contributed by atoms with Crippen LogP contribution in [0.25, 0.3) is 0 Å². The van der Waals surface area contributed by atoms with Crippen LogP contribution >= 0.6 is 0 Å². The third kappa shape index (κ3) is 2.98. The molecule has 0 saturated carbocycles. The van der Waals surface area contributed by atoms with Crippen molar-refractivity contribution < 1.29 is 15.0 Å². The molecule has 3 N–H and O–H groups in total. The van der Waals surface area contributed by atoms with Gasteiger partial charge in [0.25, 0.3) is 0 Å². The summed E-state index contributed by atoms with van der Waals surface area (Å²) in [6.45, 7) is 1.77. The fourth-order valence-corrected chi connectivity index (χ4v) is 3.39. The van der Waals surface area contributed by atoms with Crippen molar-refractivity contribution in [3.8, 4) is 0 Å². The van der Waals surface area contributed by atoms with E-state index in [-0.39, 0.29) is 11.5 Å². The topological polar surface area (TPSA) is 69.6 Å². The number of benzene rings is 1. The molecule has 0 amide bonds. The quantitative estimate of drug-likeness (QED) is 0.746. The Morgan fingerprint density at radius 1 is 1.32 bits per heavy atom. The van der Waals surface area contributed by atoms with Crippen LogP contribution in [0, 0.1) is 11.8 Å². The van der Waals surface area contributed by atoms with Gasteiger partial charge in [0.1, 0.15) is 11.4 Å². The number of allylic oxidation sites excluding steroid dienone is 1. The average molecular weight is 299 g/mol. The minimum Gasteiger partial charge on any atom is -0.508 e. The van der Waals surface area contributed by atoms with E-state index in [1.165, 1.54) is 12.2 Å². The van der Waals surface area contributed by atoms with Gasteiger partial charge in [0.05, 0.1) is 5.92 Å². The number of carbonyl (C=O) groups is 1. The van der Waals surface area contributed by atoms with Crippen LogP contribution in [0.4, 0.5) is 0 Å². The number of hydrogen-bond acceptors (Lipinski definition) is 4. The van der Waals surface area contributed by atoms with Crippen LogP contribution in [-0.2, 0) is 0 Å². The molecule has 1 fully saturated rings. The second-order valence-corrected chi connectivity index (χ2v) is 6.19. The highest BCUT2D eigenvalue weighted by atomic mass is 16.3. The van der Waals surface area contributed by atoms with Gasteiger partial charge in [0, 0.05) is 5.56 Å². The van der Waals surface area contributed by atoms with Crippen LogP contribution in [-0.4, -0.2) is 34.7 Å². The van der Waals surface area contributed by atoms with Gasteiger partial charge in [0.2, 0.25) is 0 Å². The second kappa shape index (κ2) is 6.07. The smallest absolute Gasteiger partial charge is 0.172 e. The Kier molecular flexibility index (Phi) is 4.14. The number of Topliss-reactive ketones (excluding diaryl/α,β-unsaturated/α-hetero) is 1. The molecular weight excluding hydrogens is 278 g/mol. The number of nitrogens with one attached hydrogen (secondary N) is 1. The van der Waals surface area contributed by atoms with Crippen molar-refractivity contribution in [1.29, 1.82) is 0 Å². The molecule has 116 valence electrons. The minimum absolute atomic E-state index is 0.0190. The SMILES string of the molecule is O=C(c1ccccc1)C1C=CC(O)=CC1(O)CC1CCNC1. The molecule has 2 aliphatic rings. The highest BCUT2D eigenvalue weighted by Crippen LogP contribution is 2.36. The zero-order valence-electron chi connectivity index (χ0n) is 12.4. The third-order valence-electron chi connectivity index (χ3n) is 4.51. The average Bonchev–Trinajstić information content (AvgIpc) is 3.00. The first kappa shape index (κ1) is 15.0. The molecule has 4 heteroatoms. The van der Waals surface area contributed by atoms with E-state index >= 15 is 0 Å². The molecule has 0 bridgehead atoms.